The van der Waals surface area contributed by atoms with Crippen LogP contribution in [0.3, 0.4) is 0 Å². The molecule has 0 heterocycles. The van der Waals surface area contributed by atoms with E-state index in [-0.39, 0.29) is 18.0 Å². The number of halogens is 3. The molecule has 1 atom stereocenters. The predicted molar refractivity (Wildman–Crippen MR) is 61.2 cm³/mol. The van der Waals surface area contributed by atoms with Crippen LogP contribution in [0.5, 0.6) is 0 Å². The van der Waals surface area contributed by atoms with Crippen LogP contribution < -0.4 is 11.3 Å². The molecule has 1 rings (SSSR count). The van der Waals surface area contributed by atoms with E-state index in [2.05, 4.69) is 10.2 Å². The summed E-state index contributed by atoms with van der Waals surface area (Å²) in [6.07, 6.45) is -6.37. The highest BCUT2D eigenvalue weighted by Gasteiger charge is 2.36. The summed E-state index contributed by atoms with van der Waals surface area (Å²) in [7, 11) is 0. The Hall–Kier alpha value is -1.87. The third-order valence-electron chi connectivity index (χ3n) is 2.37. The minimum absolute atomic E-state index is 0.00533. The zero-order valence-electron chi connectivity index (χ0n) is 9.90. The van der Waals surface area contributed by atoms with Gasteiger partial charge in [-0.05, 0) is 24.6 Å². The lowest BCUT2D eigenvalue weighted by atomic mass is 10.2. The standard InChI is InChI=1S/C10H12F3N3O3/c1-6(10(11,12)13)19-5-7-2-3-9(16(17)18)8(4-7)15-14/h2-4,6,15H,5,14H2,1H3. The molecule has 0 amide bonds. The molecule has 0 aliphatic carbocycles. The lowest BCUT2D eigenvalue weighted by Gasteiger charge is -2.16. The molecule has 3 N–H and O–H groups in total. The SMILES string of the molecule is CC(OCc1ccc([N+](=O)[O-])c(NN)c1)C(F)(F)F. The van der Waals surface area contributed by atoms with E-state index in [1.165, 1.54) is 12.1 Å². The molecule has 0 bridgehead atoms. The van der Waals surface area contributed by atoms with Gasteiger partial charge in [-0.15, -0.1) is 0 Å². The summed E-state index contributed by atoms with van der Waals surface area (Å²) >= 11 is 0. The summed E-state index contributed by atoms with van der Waals surface area (Å²) in [6, 6.07) is 3.72. The summed E-state index contributed by atoms with van der Waals surface area (Å²) in [6.45, 7) is 0.556. The molecular formula is C10H12F3N3O3. The molecule has 6 nitrogen and oxygen atoms in total. The van der Waals surface area contributed by atoms with E-state index in [4.69, 9.17) is 5.84 Å². The summed E-state index contributed by atoms with van der Waals surface area (Å²) in [5.41, 5.74) is 2.19. The number of nitrogens with one attached hydrogen (secondary N) is 1. The molecule has 0 aliphatic heterocycles. The van der Waals surface area contributed by atoms with E-state index in [9.17, 15) is 23.3 Å². The predicted octanol–water partition coefficient (Wildman–Crippen LogP) is 2.35. The lowest BCUT2D eigenvalue weighted by molar-refractivity contribution is -0.384. The Bertz CT molecular complexity index is 465. The Morgan fingerprint density at radius 3 is 2.63 bits per heavy atom. The highest BCUT2D eigenvalue weighted by molar-refractivity contribution is 5.61. The Morgan fingerprint density at radius 2 is 2.16 bits per heavy atom. The molecule has 0 spiro atoms. The molecule has 106 valence electrons. The van der Waals surface area contributed by atoms with Crippen LogP contribution in [0.4, 0.5) is 24.5 Å². The monoisotopic (exact) mass is 279 g/mol. The fraction of sp³-hybridized carbons (Fsp3) is 0.400. The molecule has 1 aromatic carbocycles. The third-order valence-corrected chi connectivity index (χ3v) is 2.37. The number of hydrogen-bond acceptors (Lipinski definition) is 5. The molecule has 1 aromatic rings. The van der Waals surface area contributed by atoms with Gasteiger partial charge in [-0.2, -0.15) is 13.2 Å². The van der Waals surface area contributed by atoms with Crippen LogP contribution >= 0.6 is 0 Å². The van der Waals surface area contributed by atoms with Gasteiger partial charge in [-0.3, -0.25) is 16.0 Å². The first-order valence-corrected chi connectivity index (χ1v) is 5.18. The van der Waals surface area contributed by atoms with Gasteiger partial charge >= 0.3 is 6.18 Å². The zero-order valence-corrected chi connectivity index (χ0v) is 9.90. The minimum Gasteiger partial charge on any atom is -0.364 e. The molecule has 0 saturated heterocycles. The maximum atomic E-state index is 12.2. The fourth-order valence-corrected chi connectivity index (χ4v) is 1.26. The van der Waals surface area contributed by atoms with Crippen molar-refractivity contribution in [1.29, 1.82) is 0 Å². The third kappa shape index (κ3) is 4.07. The first-order valence-electron chi connectivity index (χ1n) is 5.18. The van der Waals surface area contributed by atoms with Crippen LogP contribution in [0.15, 0.2) is 18.2 Å². The lowest BCUT2D eigenvalue weighted by Crippen LogP contribution is -2.28. The van der Waals surface area contributed by atoms with Gasteiger partial charge < -0.3 is 10.2 Å². The van der Waals surface area contributed by atoms with Crippen molar-refractivity contribution < 1.29 is 22.8 Å². The van der Waals surface area contributed by atoms with Crippen LogP contribution in [0.1, 0.15) is 12.5 Å². The van der Waals surface area contributed by atoms with E-state index < -0.39 is 17.2 Å². The molecule has 0 saturated carbocycles. The van der Waals surface area contributed by atoms with Crippen molar-refractivity contribution in [2.45, 2.75) is 25.8 Å². The second kappa shape index (κ2) is 5.85. The summed E-state index contributed by atoms with van der Waals surface area (Å²) in [5.74, 6) is 5.11. The first kappa shape index (κ1) is 15.2. The quantitative estimate of drug-likeness (QED) is 0.490. The van der Waals surface area contributed by atoms with Gasteiger partial charge in [0, 0.05) is 6.07 Å². The Labute approximate surface area is 106 Å². The molecule has 0 radical (unpaired) electrons. The highest BCUT2D eigenvalue weighted by atomic mass is 19.4. The number of nitro benzene ring substituents is 1. The Kier molecular flexibility index (Phi) is 4.67. The Morgan fingerprint density at radius 1 is 1.53 bits per heavy atom. The highest BCUT2D eigenvalue weighted by Crippen LogP contribution is 2.27. The molecule has 0 aromatic heterocycles. The van der Waals surface area contributed by atoms with Crippen molar-refractivity contribution >= 4 is 11.4 Å². The fourth-order valence-electron chi connectivity index (χ4n) is 1.26. The maximum absolute atomic E-state index is 12.2. The van der Waals surface area contributed by atoms with Gasteiger partial charge in [0.15, 0.2) is 6.10 Å². The van der Waals surface area contributed by atoms with E-state index in [0.717, 1.165) is 13.0 Å². The number of nitrogen functional groups attached to an aromatic ring is 1. The average Bonchev–Trinajstić information content (AvgIpc) is 2.33. The average molecular weight is 279 g/mol. The van der Waals surface area contributed by atoms with E-state index in [1.807, 2.05) is 0 Å². The van der Waals surface area contributed by atoms with Crippen molar-refractivity contribution in [3.63, 3.8) is 0 Å². The molecule has 9 heteroatoms. The number of alkyl halides is 3. The Balaban J connectivity index is 2.78. The maximum Gasteiger partial charge on any atom is 0.414 e. The number of nitrogens with two attached hydrogens (primary N) is 1. The zero-order chi connectivity index (χ0) is 14.6. The summed E-state index contributed by atoms with van der Waals surface area (Å²) in [5, 5.41) is 10.6. The van der Waals surface area contributed by atoms with Gasteiger partial charge in [0.25, 0.3) is 5.69 Å². The summed E-state index contributed by atoms with van der Waals surface area (Å²) in [4.78, 5) is 9.96. The first-order chi connectivity index (χ1) is 8.75. The van der Waals surface area contributed by atoms with Crippen LogP contribution in [0.2, 0.25) is 0 Å². The van der Waals surface area contributed by atoms with E-state index in [1.54, 1.807) is 0 Å². The number of anilines is 1. The molecular weight excluding hydrogens is 267 g/mol. The molecule has 0 aliphatic rings. The topological polar surface area (TPSA) is 90.4 Å². The van der Waals surface area contributed by atoms with Crippen molar-refractivity contribution in [3.05, 3.63) is 33.9 Å². The van der Waals surface area contributed by atoms with Gasteiger partial charge in [-0.25, -0.2) is 0 Å². The van der Waals surface area contributed by atoms with Gasteiger partial charge in [0.05, 0.1) is 11.5 Å². The normalized spacial score (nSPS) is 13.1. The number of hydrazine groups is 1. The number of nitro groups is 1. The second-order valence-electron chi connectivity index (χ2n) is 3.75. The number of nitrogens with zero attached hydrogens (tertiary/aromatic N) is 1. The molecule has 0 fully saturated rings. The number of rotatable bonds is 5. The van der Waals surface area contributed by atoms with Crippen LogP contribution in [0, 0.1) is 10.1 Å². The smallest absolute Gasteiger partial charge is 0.364 e. The summed E-state index contributed by atoms with van der Waals surface area (Å²) < 4.78 is 41.3. The minimum atomic E-state index is -4.45. The largest absolute Gasteiger partial charge is 0.414 e. The van der Waals surface area contributed by atoms with Gasteiger partial charge in [-0.1, -0.05) is 0 Å². The second-order valence-corrected chi connectivity index (χ2v) is 3.75. The van der Waals surface area contributed by atoms with Gasteiger partial charge in [0.2, 0.25) is 0 Å². The van der Waals surface area contributed by atoms with Gasteiger partial charge in [0.1, 0.15) is 5.69 Å². The van der Waals surface area contributed by atoms with E-state index in [0.29, 0.717) is 5.56 Å². The van der Waals surface area contributed by atoms with Crippen molar-refractivity contribution in [2.24, 2.45) is 5.84 Å². The van der Waals surface area contributed by atoms with Crippen molar-refractivity contribution in [2.75, 3.05) is 5.43 Å². The number of ether oxygens (including phenoxy) is 1. The van der Waals surface area contributed by atoms with Crippen LogP contribution in [-0.4, -0.2) is 17.2 Å². The molecule has 1 unspecified atom stereocenters. The van der Waals surface area contributed by atoms with Crippen molar-refractivity contribution in [1.82, 2.24) is 0 Å². The number of hydrogen-bond donors (Lipinski definition) is 2. The number of benzene rings is 1. The molecule has 19 heavy (non-hydrogen) atoms. The van der Waals surface area contributed by atoms with Crippen LogP contribution in [-0.2, 0) is 11.3 Å². The van der Waals surface area contributed by atoms with Crippen LogP contribution in [0.25, 0.3) is 0 Å². The van der Waals surface area contributed by atoms with Crippen molar-refractivity contribution in [3.8, 4) is 0 Å². The van der Waals surface area contributed by atoms with E-state index >= 15 is 0 Å².